The molecule has 0 N–H and O–H groups in total. The smallest absolute Gasteiger partial charge is 0.330 e. The standard InChI is InChI=1S/C34H37BrN4O6.CH4/c1-38(2)34-26-16-32(44-6)29(41-3)13-20(26)11-24(17-36)39-27(34)12-21-14-30(42-4)31(43-5)15-25(21)28(39)19-45-33(40)10-9-23-8-7-22(35)18-37-23;/h7-10,13-16,18,24,27-28,34H,11-12,19H2,1-6H3;1H4/b10-9+;/t24-,27?,28+,34-;/m1./s1. The van der Waals surface area contributed by atoms with E-state index in [1.54, 1.807) is 46.8 Å². The van der Waals surface area contributed by atoms with Crippen LogP contribution in [0.15, 0.2) is 53.1 Å². The fourth-order valence-corrected chi connectivity index (χ4v) is 6.77. The molecule has 0 fully saturated rings. The molecular formula is C35H41BrN4O6. The lowest BCUT2D eigenvalue weighted by atomic mass is 9.82. The van der Waals surface area contributed by atoms with E-state index < -0.39 is 18.1 Å². The summed E-state index contributed by atoms with van der Waals surface area (Å²) in [7, 11) is 10.5. The number of halogens is 1. The quantitative estimate of drug-likeness (QED) is 0.202. The fraction of sp³-hybridized carbons (Fsp3) is 0.400. The van der Waals surface area contributed by atoms with E-state index in [1.807, 2.05) is 44.4 Å². The lowest BCUT2D eigenvalue weighted by Gasteiger charge is -2.48. The fourth-order valence-electron chi connectivity index (χ4n) is 6.54. The van der Waals surface area contributed by atoms with Crippen molar-refractivity contribution in [3.05, 3.63) is 81.1 Å². The third-order valence-corrected chi connectivity index (χ3v) is 8.98. The summed E-state index contributed by atoms with van der Waals surface area (Å²) in [6.07, 6.45) is 5.73. The van der Waals surface area contributed by atoms with Crippen LogP contribution in [0, 0.1) is 11.3 Å². The molecule has 5 rings (SSSR count). The summed E-state index contributed by atoms with van der Waals surface area (Å²) in [6, 6.07) is 12.9. The van der Waals surface area contributed by atoms with Gasteiger partial charge in [-0.3, -0.25) is 9.88 Å². The van der Waals surface area contributed by atoms with Gasteiger partial charge in [0.05, 0.1) is 52.3 Å². The van der Waals surface area contributed by atoms with E-state index >= 15 is 0 Å². The van der Waals surface area contributed by atoms with Gasteiger partial charge < -0.3 is 28.6 Å². The van der Waals surface area contributed by atoms with Crippen LogP contribution in [0.1, 0.15) is 47.5 Å². The van der Waals surface area contributed by atoms with Crippen LogP contribution in [-0.2, 0) is 22.4 Å². The molecule has 3 heterocycles. The average molecular weight is 694 g/mol. The highest BCUT2D eigenvalue weighted by atomic mass is 79.9. The summed E-state index contributed by atoms with van der Waals surface area (Å²) < 4.78 is 29.4. The van der Waals surface area contributed by atoms with E-state index in [9.17, 15) is 10.1 Å². The van der Waals surface area contributed by atoms with Crippen LogP contribution in [0.25, 0.3) is 6.08 Å². The van der Waals surface area contributed by atoms with Crippen LogP contribution in [0.2, 0.25) is 0 Å². The molecule has 0 radical (unpaired) electrons. The molecule has 0 saturated carbocycles. The van der Waals surface area contributed by atoms with Gasteiger partial charge in [0.25, 0.3) is 0 Å². The van der Waals surface area contributed by atoms with Crippen LogP contribution < -0.4 is 18.9 Å². The Balaban J connectivity index is 0.00000480. The maximum atomic E-state index is 13.0. The van der Waals surface area contributed by atoms with Crippen LogP contribution in [0.4, 0.5) is 0 Å². The number of carbonyl (C=O) groups excluding carboxylic acids is 1. The van der Waals surface area contributed by atoms with E-state index in [2.05, 4.69) is 36.8 Å². The zero-order chi connectivity index (χ0) is 32.2. The minimum absolute atomic E-state index is 0. The lowest BCUT2D eigenvalue weighted by molar-refractivity contribution is -0.140. The third-order valence-electron chi connectivity index (χ3n) is 8.51. The molecule has 0 amide bonds. The zero-order valence-corrected chi connectivity index (χ0v) is 27.8. The summed E-state index contributed by atoms with van der Waals surface area (Å²) in [4.78, 5) is 21.7. The van der Waals surface area contributed by atoms with Crippen molar-refractivity contribution in [2.24, 2.45) is 0 Å². The second kappa shape index (κ2) is 15.0. The molecule has 0 aliphatic carbocycles. The maximum Gasteiger partial charge on any atom is 0.330 e. The van der Waals surface area contributed by atoms with Crippen LogP contribution in [0.3, 0.4) is 0 Å². The summed E-state index contributed by atoms with van der Waals surface area (Å²) in [6.45, 7) is 0.0250. The largest absolute Gasteiger partial charge is 0.493 e. The minimum Gasteiger partial charge on any atom is -0.493 e. The number of benzene rings is 2. The van der Waals surface area contributed by atoms with Gasteiger partial charge in [0.2, 0.25) is 0 Å². The van der Waals surface area contributed by atoms with Crippen molar-refractivity contribution in [2.75, 3.05) is 49.1 Å². The zero-order valence-electron chi connectivity index (χ0n) is 26.2. The molecular weight excluding hydrogens is 652 g/mol. The predicted octanol–water partition coefficient (Wildman–Crippen LogP) is 5.79. The SMILES string of the molecule is C.COc1cc2c(cc1OC)[C@@H](N(C)C)C1Cc3cc(OC)c(OC)cc3[C@H](COC(=O)/C=C/c3ccc(Br)cn3)N1[C@@H](C#N)C2. The average Bonchev–Trinajstić information content (AvgIpc) is 3.18. The Hall–Kier alpha value is -4.11. The second-order valence-corrected chi connectivity index (χ2v) is 12.1. The molecule has 244 valence electrons. The van der Waals surface area contributed by atoms with Crippen molar-refractivity contribution in [3.63, 3.8) is 0 Å². The molecule has 2 aliphatic rings. The molecule has 0 spiro atoms. The molecule has 4 atom stereocenters. The Morgan fingerprint density at radius 2 is 1.57 bits per heavy atom. The molecule has 1 unspecified atom stereocenters. The van der Waals surface area contributed by atoms with E-state index in [4.69, 9.17) is 23.7 Å². The number of rotatable bonds is 9. The molecule has 2 aromatic carbocycles. The van der Waals surface area contributed by atoms with Crippen molar-refractivity contribution in [3.8, 4) is 29.1 Å². The number of hydrogen-bond acceptors (Lipinski definition) is 10. The van der Waals surface area contributed by atoms with Gasteiger partial charge in [0.1, 0.15) is 12.6 Å². The van der Waals surface area contributed by atoms with E-state index in [-0.39, 0.29) is 26.1 Å². The highest BCUT2D eigenvalue weighted by molar-refractivity contribution is 9.10. The van der Waals surface area contributed by atoms with E-state index in [1.165, 1.54) is 6.08 Å². The summed E-state index contributed by atoms with van der Waals surface area (Å²) in [5, 5.41) is 10.7. The number of likely N-dealkylation sites (N-methyl/N-ethyl adjacent to an activating group) is 1. The van der Waals surface area contributed by atoms with Crippen molar-refractivity contribution in [1.29, 1.82) is 5.26 Å². The van der Waals surface area contributed by atoms with E-state index in [0.29, 0.717) is 41.5 Å². The Labute approximate surface area is 279 Å². The number of esters is 1. The molecule has 1 aromatic heterocycles. The van der Waals surface area contributed by atoms with Gasteiger partial charge in [-0.2, -0.15) is 5.26 Å². The number of methoxy groups -OCH3 is 4. The number of nitrogens with zero attached hydrogens (tertiary/aromatic N) is 4. The van der Waals surface area contributed by atoms with Crippen molar-refractivity contribution in [2.45, 2.75) is 44.4 Å². The van der Waals surface area contributed by atoms with Gasteiger partial charge in [-0.25, -0.2) is 4.79 Å². The Morgan fingerprint density at radius 3 is 2.11 bits per heavy atom. The molecule has 11 heteroatoms. The summed E-state index contributed by atoms with van der Waals surface area (Å²) in [5.74, 6) is 1.92. The monoisotopic (exact) mass is 692 g/mol. The van der Waals surface area contributed by atoms with Gasteiger partial charge >= 0.3 is 5.97 Å². The van der Waals surface area contributed by atoms with Crippen molar-refractivity contribution in [1.82, 2.24) is 14.8 Å². The number of hydrogen-bond donors (Lipinski definition) is 0. The number of aromatic nitrogens is 1. The maximum absolute atomic E-state index is 13.0. The first-order valence-corrected chi connectivity index (χ1v) is 15.3. The van der Waals surface area contributed by atoms with Crippen molar-refractivity contribution < 1.29 is 28.5 Å². The molecule has 10 nitrogen and oxygen atoms in total. The first kappa shape index (κ1) is 34.8. The summed E-state index contributed by atoms with van der Waals surface area (Å²) in [5.41, 5.74) is 4.66. The van der Waals surface area contributed by atoms with Gasteiger partial charge in [0.15, 0.2) is 23.0 Å². The highest BCUT2D eigenvalue weighted by Crippen LogP contribution is 2.48. The van der Waals surface area contributed by atoms with Gasteiger partial charge in [0, 0.05) is 29.2 Å². The van der Waals surface area contributed by atoms with Gasteiger partial charge in [-0.05, 0) is 101 Å². The Morgan fingerprint density at radius 1 is 0.978 bits per heavy atom. The molecule has 0 bridgehead atoms. The van der Waals surface area contributed by atoms with Crippen LogP contribution in [-0.4, -0.2) is 82.0 Å². The van der Waals surface area contributed by atoms with Gasteiger partial charge in [-0.1, -0.05) is 7.43 Å². The number of ether oxygens (including phenoxy) is 5. The highest BCUT2D eigenvalue weighted by Gasteiger charge is 2.47. The van der Waals surface area contributed by atoms with Gasteiger partial charge in [-0.15, -0.1) is 0 Å². The second-order valence-electron chi connectivity index (χ2n) is 11.2. The normalized spacial score (nSPS) is 20.3. The molecule has 3 aromatic rings. The number of fused-ring (bicyclic) bond motifs is 3. The topological polar surface area (TPSA) is 106 Å². The number of carbonyl (C=O) groups is 1. The first-order valence-electron chi connectivity index (χ1n) is 14.5. The minimum atomic E-state index is -0.524. The van der Waals surface area contributed by atoms with Crippen LogP contribution >= 0.6 is 15.9 Å². The Kier molecular flexibility index (Phi) is 11.3. The van der Waals surface area contributed by atoms with Crippen LogP contribution in [0.5, 0.6) is 23.0 Å². The van der Waals surface area contributed by atoms with E-state index in [0.717, 1.165) is 26.7 Å². The summed E-state index contributed by atoms with van der Waals surface area (Å²) >= 11 is 3.37. The lowest BCUT2D eigenvalue weighted by Crippen LogP contribution is -2.54. The molecule has 46 heavy (non-hydrogen) atoms. The third kappa shape index (κ3) is 6.84. The molecule has 0 saturated heterocycles. The van der Waals surface area contributed by atoms with Crippen molar-refractivity contribution >= 4 is 28.0 Å². The first-order chi connectivity index (χ1) is 21.7. The Bertz CT molecular complexity index is 1620. The number of pyridine rings is 1. The predicted molar refractivity (Wildman–Crippen MR) is 179 cm³/mol. The molecule has 2 aliphatic heterocycles. The number of nitriles is 1.